The van der Waals surface area contributed by atoms with Gasteiger partial charge in [-0.15, -0.1) is 0 Å². The summed E-state index contributed by atoms with van der Waals surface area (Å²) in [6.45, 7) is 4.53. The Bertz CT molecular complexity index is 725. The van der Waals surface area contributed by atoms with E-state index in [-0.39, 0.29) is 13.2 Å². The lowest BCUT2D eigenvalue weighted by molar-refractivity contribution is 0.0663. The van der Waals surface area contributed by atoms with Crippen LogP contribution in [-0.2, 0) is 0 Å². The molecule has 0 aliphatic carbocycles. The lowest BCUT2D eigenvalue weighted by atomic mass is 10.0. The van der Waals surface area contributed by atoms with Gasteiger partial charge in [0.05, 0.1) is 13.2 Å². The van der Waals surface area contributed by atoms with E-state index in [1.54, 1.807) is 0 Å². The highest BCUT2D eigenvalue weighted by Gasteiger charge is 2.33. The van der Waals surface area contributed by atoms with Crippen molar-refractivity contribution < 1.29 is 39.5 Å². The van der Waals surface area contributed by atoms with Crippen LogP contribution in [0.5, 0.6) is 23.0 Å². The number of rotatable bonds is 22. The minimum absolute atomic E-state index is 0.0970. The van der Waals surface area contributed by atoms with Crippen molar-refractivity contribution in [2.45, 2.75) is 117 Å². The summed E-state index contributed by atoms with van der Waals surface area (Å²) in [7, 11) is 0. The number of carbonyl (C=O) groups is 2. The standard InChI is InChI=1S/C28H46O8/c1-3-5-7-9-11-13-15-17-19-35-25-21(27(31)32)24(30)26(22(23(25)29)28(33)34)36-20-18-16-14-12-10-8-6-4-2/h29-30H,3-20H2,1-2H3,(H,31,32)(H,33,34). The van der Waals surface area contributed by atoms with Crippen LogP contribution in [0.1, 0.15) is 137 Å². The SMILES string of the molecule is CCCCCCCCCCOc1c(O)c(C(=O)O)c(OCCCCCCCCCC)c(O)c1C(=O)O. The van der Waals surface area contributed by atoms with Crippen LogP contribution in [0.15, 0.2) is 0 Å². The third-order valence-corrected chi connectivity index (χ3v) is 6.27. The van der Waals surface area contributed by atoms with Gasteiger partial charge in [-0.1, -0.05) is 104 Å². The highest BCUT2D eigenvalue weighted by Crippen LogP contribution is 2.48. The Balaban J connectivity index is 2.76. The van der Waals surface area contributed by atoms with Gasteiger partial charge in [0, 0.05) is 0 Å². The predicted molar refractivity (Wildman–Crippen MR) is 140 cm³/mol. The number of phenols is 2. The van der Waals surface area contributed by atoms with E-state index in [0.29, 0.717) is 12.8 Å². The third-order valence-electron chi connectivity index (χ3n) is 6.27. The molecule has 0 aromatic heterocycles. The number of hydrogen-bond donors (Lipinski definition) is 4. The molecule has 8 nitrogen and oxygen atoms in total. The number of carboxylic acids is 2. The van der Waals surface area contributed by atoms with Crippen molar-refractivity contribution in [2.24, 2.45) is 0 Å². The summed E-state index contributed by atoms with van der Waals surface area (Å²) in [5, 5.41) is 40.5. The summed E-state index contributed by atoms with van der Waals surface area (Å²) >= 11 is 0. The number of unbranched alkanes of at least 4 members (excludes halogenated alkanes) is 14. The van der Waals surface area contributed by atoms with Crippen LogP contribution >= 0.6 is 0 Å². The van der Waals surface area contributed by atoms with E-state index in [0.717, 1.165) is 38.5 Å². The molecule has 1 rings (SSSR count). The maximum absolute atomic E-state index is 11.9. The minimum Gasteiger partial charge on any atom is -0.504 e. The van der Waals surface area contributed by atoms with Crippen molar-refractivity contribution in [3.63, 3.8) is 0 Å². The molecular formula is C28H46O8. The fraction of sp³-hybridized carbons (Fsp3) is 0.714. The molecule has 1 aromatic rings. The number of aromatic carboxylic acids is 2. The van der Waals surface area contributed by atoms with E-state index in [4.69, 9.17) is 9.47 Å². The molecule has 206 valence electrons. The molecular weight excluding hydrogens is 464 g/mol. The monoisotopic (exact) mass is 510 g/mol. The molecule has 4 N–H and O–H groups in total. The van der Waals surface area contributed by atoms with Crippen molar-refractivity contribution in [3.8, 4) is 23.0 Å². The van der Waals surface area contributed by atoms with Crippen LogP contribution in [0.2, 0.25) is 0 Å². The van der Waals surface area contributed by atoms with Gasteiger partial charge in [0.15, 0.2) is 34.1 Å². The molecule has 0 saturated heterocycles. The van der Waals surface area contributed by atoms with E-state index in [1.807, 2.05) is 0 Å². The zero-order valence-corrected chi connectivity index (χ0v) is 22.1. The average Bonchev–Trinajstić information content (AvgIpc) is 2.83. The number of carboxylic acid groups (broad SMARTS) is 2. The van der Waals surface area contributed by atoms with Crippen molar-refractivity contribution in [3.05, 3.63) is 11.1 Å². The number of benzene rings is 1. The lowest BCUT2D eigenvalue weighted by Gasteiger charge is -2.18. The molecule has 0 heterocycles. The van der Waals surface area contributed by atoms with Crippen molar-refractivity contribution in [1.82, 2.24) is 0 Å². The molecule has 0 aliphatic rings. The normalized spacial score (nSPS) is 10.9. The van der Waals surface area contributed by atoms with Gasteiger partial charge in [0.2, 0.25) is 0 Å². The van der Waals surface area contributed by atoms with Gasteiger partial charge in [-0.05, 0) is 12.8 Å². The number of ether oxygens (including phenoxy) is 2. The fourth-order valence-corrected chi connectivity index (χ4v) is 4.18. The first-order valence-corrected chi connectivity index (χ1v) is 13.7. The Kier molecular flexibility index (Phi) is 16.2. The molecule has 0 aliphatic heterocycles. The first-order chi connectivity index (χ1) is 17.4. The van der Waals surface area contributed by atoms with Gasteiger partial charge >= 0.3 is 11.9 Å². The zero-order chi connectivity index (χ0) is 26.8. The highest BCUT2D eigenvalue weighted by atomic mass is 16.5. The third kappa shape index (κ3) is 11.0. The van der Waals surface area contributed by atoms with E-state index in [9.17, 15) is 30.0 Å². The van der Waals surface area contributed by atoms with Crippen LogP contribution in [0.25, 0.3) is 0 Å². The van der Waals surface area contributed by atoms with Gasteiger partial charge in [-0.2, -0.15) is 0 Å². The summed E-state index contributed by atoms with van der Waals surface area (Å²) in [6.07, 6.45) is 16.9. The van der Waals surface area contributed by atoms with Crippen LogP contribution in [-0.4, -0.2) is 45.6 Å². The average molecular weight is 511 g/mol. The van der Waals surface area contributed by atoms with E-state index in [1.165, 1.54) is 51.4 Å². The molecule has 1 aromatic carbocycles. The molecule has 0 unspecified atom stereocenters. The summed E-state index contributed by atoms with van der Waals surface area (Å²) in [6, 6.07) is 0. The van der Waals surface area contributed by atoms with Crippen molar-refractivity contribution in [2.75, 3.05) is 13.2 Å². The first-order valence-electron chi connectivity index (χ1n) is 13.7. The summed E-state index contributed by atoms with van der Waals surface area (Å²) < 4.78 is 11.0. The molecule has 0 bridgehead atoms. The van der Waals surface area contributed by atoms with Gasteiger partial charge in [0.25, 0.3) is 0 Å². The molecule has 0 atom stereocenters. The van der Waals surface area contributed by atoms with Crippen LogP contribution in [0, 0.1) is 0 Å². The molecule has 0 amide bonds. The number of hydrogen-bond acceptors (Lipinski definition) is 6. The zero-order valence-electron chi connectivity index (χ0n) is 22.1. The predicted octanol–water partition coefficient (Wildman–Crippen LogP) is 7.53. The molecule has 0 spiro atoms. The Morgan fingerprint density at radius 3 is 1.08 bits per heavy atom. The Morgan fingerprint density at radius 1 is 0.528 bits per heavy atom. The minimum atomic E-state index is -1.54. The topological polar surface area (TPSA) is 134 Å². The van der Waals surface area contributed by atoms with Crippen LogP contribution in [0.3, 0.4) is 0 Å². The van der Waals surface area contributed by atoms with E-state index >= 15 is 0 Å². The second kappa shape index (κ2) is 18.6. The second-order valence-electron chi connectivity index (χ2n) is 9.36. The smallest absolute Gasteiger partial charge is 0.343 e. The summed E-state index contributed by atoms with van der Waals surface area (Å²) in [4.78, 5) is 23.7. The summed E-state index contributed by atoms with van der Waals surface area (Å²) in [5.74, 6) is -5.85. The first kappa shape index (κ1) is 31.4. The lowest BCUT2D eigenvalue weighted by Crippen LogP contribution is -2.12. The molecule has 0 fully saturated rings. The Morgan fingerprint density at radius 2 is 0.806 bits per heavy atom. The fourth-order valence-electron chi connectivity index (χ4n) is 4.18. The van der Waals surface area contributed by atoms with Gasteiger partial charge < -0.3 is 29.9 Å². The van der Waals surface area contributed by atoms with Gasteiger partial charge in [-0.3, -0.25) is 0 Å². The maximum Gasteiger partial charge on any atom is 0.343 e. The maximum atomic E-state index is 11.9. The number of aromatic hydroxyl groups is 2. The Labute approximate surface area is 215 Å². The van der Waals surface area contributed by atoms with E-state index < -0.39 is 46.1 Å². The van der Waals surface area contributed by atoms with Crippen LogP contribution in [0.4, 0.5) is 0 Å². The molecule has 0 radical (unpaired) electrons. The van der Waals surface area contributed by atoms with Gasteiger partial charge in [-0.25, -0.2) is 9.59 Å². The van der Waals surface area contributed by atoms with Gasteiger partial charge in [0.1, 0.15) is 0 Å². The Hall–Kier alpha value is -2.64. The quantitative estimate of drug-likeness (QED) is 0.0928. The van der Waals surface area contributed by atoms with Crippen molar-refractivity contribution in [1.29, 1.82) is 0 Å². The molecule has 8 heteroatoms. The highest BCUT2D eigenvalue weighted by molar-refractivity contribution is 6.03. The summed E-state index contributed by atoms with van der Waals surface area (Å²) in [5.41, 5.74) is -1.38. The molecule has 36 heavy (non-hydrogen) atoms. The largest absolute Gasteiger partial charge is 0.504 e. The van der Waals surface area contributed by atoms with Crippen molar-refractivity contribution >= 4 is 11.9 Å². The van der Waals surface area contributed by atoms with Crippen LogP contribution < -0.4 is 9.47 Å². The van der Waals surface area contributed by atoms with E-state index in [2.05, 4.69) is 13.8 Å². The molecule has 0 saturated carbocycles. The second-order valence-corrected chi connectivity index (χ2v) is 9.36.